The number of hydrogen-bond donors (Lipinski definition) is 2. The quantitative estimate of drug-likeness (QED) is 0.200. The van der Waals surface area contributed by atoms with E-state index in [2.05, 4.69) is 42.5 Å². The molecule has 1 aliphatic heterocycles. The molecule has 3 aromatic carbocycles. The molecule has 3 aromatic rings. The van der Waals surface area contributed by atoms with Gasteiger partial charge >= 0.3 is 0 Å². The summed E-state index contributed by atoms with van der Waals surface area (Å²) in [6.07, 6.45) is 4.30. The molecule has 7 atom stereocenters. The maximum atomic E-state index is 13.9. The Morgan fingerprint density at radius 2 is 1.38 bits per heavy atom. The Hall–Kier alpha value is -3.75. The molecule has 4 aliphatic rings. The number of carbonyl (C=O) groups is 1. The number of rotatable bonds is 8. The third-order valence-corrected chi connectivity index (χ3v) is 11.4. The average Bonchev–Trinajstić information content (AvgIpc) is 3.44. The number of Topliss-reactive ketones (excluding diaryl/α,β-unsaturated/α-hetero) is 1. The number of fused-ring (bicyclic) bond motifs is 5. The minimum Gasteiger partial charge on any atom is -0.384 e. The molecule has 1 saturated carbocycles. The highest BCUT2D eigenvalue weighted by Crippen LogP contribution is 2.63. The fraction of sp³-hybridized carbons (Fsp3) is 0.439. The lowest BCUT2D eigenvalue weighted by Gasteiger charge is -2.55. The maximum absolute atomic E-state index is 13.9. The van der Waals surface area contributed by atoms with Crippen molar-refractivity contribution in [3.63, 3.8) is 0 Å². The Morgan fingerprint density at radius 3 is 1.90 bits per heavy atom. The van der Waals surface area contributed by atoms with Crippen LogP contribution in [0.25, 0.3) is 0 Å². The zero-order chi connectivity index (χ0) is 34.0. The highest BCUT2D eigenvalue weighted by Gasteiger charge is 2.70. The SMILES string of the molecule is CCO[C@@]12C[C@@H](C)[C@]3(O)C4=CC(C)C(=O)[C@@]4(O)CC(COC(c4ccccc4)(c4ccccc4)c4ccccc4)=C[C@H]3[C@@H]1C(C)(C)N=N2. The van der Waals surface area contributed by atoms with Crippen molar-refractivity contribution in [3.8, 4) is 0 Å². The first-order valence-corrected chi connectivity index (χ1v) is 17.2. The number of azo groups is 1. The Balaban J connectivity index is 1.41. The van der Waals surface area contributed by atoms with Crippen molar-refractivity contribution in [2.24, 2.45) is 33.9 Å². The van der Waals surface area contributed by atoms with Crippen molar-refractivity contribution in [3.05, 3.63) is 131 Å². The first kappa shape index (κ1) is 32.8. The van der Waals surface area contributed by atoms with Gasteiger partial charge < -0.3 is 19.7 Å². The van der Waals surface area contributed by atoms with Gasteiger partial charge in [-0.25, -0.2) is 0 Å². The van der Waals surface area contributed by atoms with Crippen LogP contribution in [0, 0.1) is 23.7 Å². The summed E-state index contributed by atoms with van der Waals surface area (Å²) in [6.45, 7) is 10.3. The molecule has 0 spiro atoms. The van der Waals surface area contributed by atoms with Crippen LogP contribution in [0.2, 0.25) is 0 Å². The molecular weight excluding hydrogens is 600 g/mol. The van der Waals surface area contributed by atoms with Crippen LogP contribution in [0.5, 0.6) is 0 Å². The molecule has 0 saturated heterocycles. The van der Waals surface area contributed by atoms with E-state index in [0.29, 0.717) is 18.6 Å². The number of ether oxygens (including phenoxy) is 2. The van der Waals surface area contributed by atoms with Gasteiger partial charge in [-0.1, -0.05) is 117 Å². The zero-order valence-corrected chi connectivity index (χ0v) is 28.5. The number of ketones is 1. The lowest BCUT2D eigenvalue weighted by Crippen LogP contribution is -2.65. The summed E-state index contributed by atoms with van der Waals surface area (Å²) in [7, 11) is 0. The van der Waals surface area contributed by atoms with E-state index >= 15 is 0 Å². The lowest BCUT2D eigenvalue weighted by atomic mass is 9.54. The summed E-state index contributed by atoms with van der Waals surface area (Å²) in [6, 6.07) is 30.4. The van der Waals surface area contributed by atoms with Crippen molar-refractivity contribution in [1.29, 1.82) is 0 Å². The van der Waals surface area contributed by atoms with E-state index in [9.17, 15) is 15.0 Å². The van der Waals surface area contributed by atoms with Crippen LogP contribution in [0.3, 0.4) is 0 Å². The van der Waals surface area contributed by atoms with Crippen LogP contribution < -0.4 is 0 Å². The van der Waals surface area contributed by atoms with E-state index in [4.69, 9.17) is 19.7 Å². The van der Waals surface area contributed by atoms with E-state index in [1.54, 1.807) is 13.0 Å². The van der Waals surface area contributed by atoms with E-state index in [0.717, 1.165) is 22.3 Å². The number of aliphatic hydroxyl groups is 2. The Morgan fingerprint density at radius 1 is 0.833 bits per heavy atom. The number of hydrogen-bond acceptors (Lipinski definition) is 7. The van der Waals surface area contributed by atoms with Gasteiger partial charge in [0.1, 0.15) is 5.60 Å². The molecule has 48 heavy (non-hydrogen) atoms. The summed E-state index contributed by atoms with van der Waals surface area (Å²) in [5.74, 6) is -2.13. The largest absolute Gasteiger partial charge is 0.384 e. The van der Waals surface area contributed by atoms with Crippen molar-refractivity contribution in [2.75, 3.05) is 13.2 Å². The lowest BCUT2D eigenvalue weighted by molar-refractivity contribution is -0.189. The zero-order valence-electron chi connectivity index (χ0n) is 28.5. The third kappa shape index (κ3) is 4.73. The first-order valence-electron chi connectivity index (χ1n) is 17.2. The predicted octanol–water partition coefficient (Wildman–Crippen LogP) is 7.18. The fourth-order valence-electron chi connectivity index (χ4n) is 9.38. The van der Waals surface area contributed by atoms with Gasteiger partial charge in [0, 0.05) is 37.2 Å². The smallest absolute Gasteiger partial charge is 0.185 e. The predicted molar refractivity (Wildman–Crippen MR) is 184 cm³/mol. The molecule has 0 aromatic heterocycles. The molecule has 250 valence electrons. The van der Waals surface area contributed by atoms with E-state index in [-0.39, 0.29) is 30.6 Å². The van der Waals surface area contributed by atoms with Gasteiger partial charge in [0.05, 0.1) is 17.7 Å². The number of benzene rings is 3. The van der Waals surface area contributed by atoms with Gasteiger partial charge in [-0.15, -0.1) is 0 Å². The molecule has 0 radical (unpaired) electrons. The van der Waals surface area contributed by atoms with Crippen LogP contribution >= 0.6 is 0 Å². The second-order valence-electron chi connectivity index (χ2n) is 14.7. The second-order valence-corrected chi connectivity index (χ2v) is 14.7. The second kappa shape index (κ2) is 11.7. The van der Waals surface area contributed by atoms with E-state index < -0.39 is 39.9 Å². The monoisotopic (exact) mass is 646 g/mol. The average molecular weight is 647 g/mol. The summed E-state index contributed by atoms with van der Waals surface area (Å²) < 4.78 is 13.7. The molecule has 1 heterocycles. The molecule has 7 nitrogen and oxygen atoms in total. The molecule has 2 N–H and O–H groups in total. The van der Waals surface area contributed by atoms with Crippen LogP contribution in [-0.4, -0.2) is 51.7 Å². The number of carbonyl (C=O) groups excluding carboxylic acids is 1. The molecule has 7 heteroatoms. The van der Waals surface area contributed by atoms with E-state index in [1.165, 1.54) is 0 Å². The Labute approximate surface area is 283 Å². The highest BCUT2D eigenvalue weighted by atomic mass is 16.5. The molecule has 7 rings (SSSR count). The van der Waals surface area contributed by atoms with Gasteiger partial charge in [0.25, 0.3) is 0 Å². The summed E-state index contributed by atoms with van der Waals surface area (Å²) in [4.78, 5) is 13.9. The summed E-state index contributed by atoms with van der Waals surface area (Å²) >= 11 is 0. The number of allylic oxidation sites excluding steroid dienone is 1. The molecular formula is C41H46N2O5. The van der Waals surface area contributed by atoms with Crippen LogP contribution in [-0.2, 0) is 19.9 Å². The Bertz CT molecular complexity index is 1670. The fourth-order valence-corrected chi connectivity index (χ4v) is 9.38. The standard InChI is InChI=1S/C41H46N2O5/c1-6-47-39-24-28(3)40(46)33(35(39)37(4,5)42-43-39)23-29(25-38(45)34(40)22-27(2)36(38)44)26-48-41(30-16-10-7-11-17-30,31-18-12-8-13-19-31)32-20-14-9-15-21-32/h7-23,27-28,33,35,45-46H,6,24-26H2,1-5H3/t27?,28-,33+,35-,38-,39+,40-/m1/s1. The van der Waals surface area contributed by atoms with Crippen molar-refractivity contribution < 1.29 is 24.5 Å². The van der Waals surface area contributed by atoms with Gasteiger partial charge in [0.15, 0.2) is 17.1 Å². The van der Waals surface area contributed by atoms with Gasteiger partial charge in [-0.2, -0.15) is 10.2 Å². The molecule has 1 unspecified atom stereocenters. The molecule has 3 aliphatic carbocycles. The Kier molecular flexibility index (Phi) is 7.99. The first-order chi connectivity index (χ1) is 22.9. The topological polar surface area (TPSA) is 101 Å². The molecule has 1 fully saturated rings. The normalized spacial score (nSPS) is 33.7. The van der Waals surface area contributed by atoms with Gasteiger partial charge in [0.2, 0.25) is 0 Å². The molecule has 0 amide bonds. The van der Waals surface area contributed by atoms with Crippen molar-refractivity contribution in [1.82, 2.24) is 0 Å². The molecule has 0 bridgehead atoms. The highest BCUT2D eigenvalue weighted by molar-refractivity contribution is 5.98. The van der Waals surface area contributed by atoms with Crippen molar-refractivity contribution >= 4 is 5.78 Å². The van der Waals surface area contributed by atoms with Crippen LogP contribution in [0.4, 0.5) is 0 Å². The number of nitrogens with zero attached hydrogens (tertiary/aromatic N) is 2. The minimum absolute atomic E-state index is 0.0189. The van der Waals surface area contributed by atoms with Crippen LogP contribution in [0.15, 0.2) is 125 Å². The minimum atomic E-state index is -1.87. The van der Waals surface area contributed by atoms with E-state index in [1.807, 2.05) is 82.3 Å². The van der Waals surface area contributed by atoms with Crippen LogP contribution in [0.1, 0.15) is 64.2 Å². The summed E-state index contributed by atoms with van der Waals surface area (Å²) in [5, 5.41) is 35.0. The van der Waals surface area contributed by atoms with Crippen molar-refractivity contribution in [2.45, 2.75) is 75.5 Å². The summed E-state index contributed by atoms with van der Waals surface area (Å²) in [5.41, 5.74) is -2.02. The van der Waals surface area contributed by atoms with Gasteiger partial charge in [-0.3, -0.25) is 4.79 Å². The third-order valence-electron chi connectivity index (χ3n) is 11.4. The van der Waals surface area contributed by atoms with Gasteiger partial charge in [-0.05, 0) is 54.5 Å². The maximum Gasteiger partial charge on any atom is 0.185 e.